The Bertz CT molecular complexity index is 1020. The Morgan fingerprint density at radius 1 is 1.00 bits per heavy atom. The van der Waals surface area contributed by atoms with Gasteiger partial charge in [-0.15, -0.1) is 0 Å². The van der Waals surface area contributed by atoms with Crippen LogP contribution in [0.2, 0.25) is 0 Å². The Hall–Kier alpha value is -3.69. The van der Waals surface area contributed by atoms with Crippen LogP contribution >= 0.6 is 0 Å². The number of nitrogens with zero attached hydrogens (tertiary/aromatic N) is 3. The predicted molar refractivity (Wildman–Crippen MR) is 103 cm³/mol. The summed E-state index contributed by atoms with van der Waals surface area (Å²) in [5.74, 6) is -0.305. The zero-order chi connectivity index (χ0) is 21.0. The average Bonchev–Trinajstić information content (AvgIpc) is 2.68. The molecule has 0 amide bonds. The number of hydrogen-bond acceptors (Lipinski definition) is 6. The molecule has 1 heterocycles. The highest BCUT2D eigenvalue weighted by Crippen LogP contribution is 2.35. The Labute approximate surface area is 163 Å². The number of nitro groups is 1. The first-order valence-electron chi connectivity index (χ1n) is 8.57. The molecule has 0 radical (unpaired) electrons. The summed E-state index contributed by atoms with van der Waals surface area (Å²) in [4.78, 5) is 18.7. The van der Waals surface area contributed by atoms with Gasteiger partial charge in [0.15, 0.2) is 0 Å². The van der Waals surface area contributed by atoms with Crippen molar-refractivity contribution in [3.8, 4) is 0 Å². The van der Waals surface area contributed by atoms with Gasteiger partial charge in [0.2, 0.25) is 11.6 Å². The quantitative estimate of drug-likeness (QED) is 0.420. The van der Waals surface area contributed by atoms with E-state index in [2.05, 4.69) is 20.6 Å². The summed E-state index contributed by atoms with van der Waals surface area (Å²) >= 11 is 0. The molecule has 3 rings (SSSR count). The van der Waals surface area contributed by atoms with Gasteiger partial charge >= 0.3 is 11.9 Å². The lowest BCUT2D eigenvalue weighted by Gasteiger charge is -2.12. The van der Waals surface area contributed by atoms with Crippen LogP contribution in [0, 0.1) is 10.1 Å². The molecule has 29 heavy (non-hydrogen) atoms. The van der Waals surface area contributed by atoms with Gasteiger partial charge in [-0.3, -0.25) is 10.1 Å². The van der Waals surface area contributed by atoms with Crippen LogP contribution in [0.1, 0.15) is 18.1 Å². The number of nitrogens with one attached hydrogen (secondary N) is 2. The fourth-order valence-electron chi connectivity index (χ4n) is 2.61. The van der Waals surface area contributed by atoms with E-state index in [1.165, 1.54) is 12.1 Å². The molecule has 0 saturated heterocycles. The minimum atomic E-state index is -4.54. The number of alkyl halides is 3. The highest BCUT2D eigenvalue weighted by atomic mass is 19.4. The summed E-state index contributed by atoms with van der Waals surface area (Å²) in [7, 11) is 0. The molecule has 0 atom stereocenters. The van der Waals surface area contributed by atoms with E-state index in [9.17, 15) is 23.3 Å². The SMILES string of the molecule is CCc1ccc(Nc2ncnc(Nc3cccc(C(F)(F)F)c3)c2[N+](=O)[O-])cc1. The molecule has 2 N–H and O–H groups in total. The first-order valence-corrected chi connectivity index (χ1v) is 8.57. The Morgan fingerprint density at radius 3 is 2.17 bits per heavy atom. The van der Waals surface area contributed by atoms with E-state index in [0.717, 1.165) is 30.4 Å². The van der Waals surface area contributed by atoms with Crippen molar-refractivity contribution in [1.29, 1.82) is 0 Å². The van der Waals surface area contributed by atoms with Crippen molar-refractivity contribution < 1.29 is 18.1 Å². The molecule has 10 heteroatoms. The maximum absolute atomic E-state index is 12.9. The number of rotatable bonds is 6. The molecule has 0 saturated carbocycles. The van der Waals surface area contributed by atoms with Gasteiger partial charge < -0.3 is 10.6 Å². The minimum Gasteiger partial charge on any atom is -0.334 e. The normalized spacial score (nSPS) is 11.2. The lowest BCUT2D eigenvalue weighted by atomic mass is 10.1. The predicted octanol–water partition coefficient (Wildman–Crippen LogP) is 5.45. The zero-order valence-electron chi connectivity index (χ0n) is 15.2. The fourth-order valence-corrected chi connectivity index (χ4v) is 2.61. The zero-order valence-corrected chi connectivity index (χ0v) is 15.2. The number of aryl methyl sites for hydroxylation is 1. The molecule has 0 unspecified atom stereocenters. The summed E-state index contributed by atoms with van der Waals surface area (Å²) in [6, 6.07) is 11.6. The second-order valence-corrected chi connectivity index (χ2v) is 6.06. The van der Waals surface area contributed by atoms with E-state index in [1.54, 1.807) is 12.1 Å². The summed E-state index contributed by atoms with van der Waals surface area (Å²) in [5, 5.41) is 17.0. The number of anilines is 4. The number of halogens is 3. The third kappa shape index (κ3) is 4.78. The van der Waals surface area contributed by atoms with Crippen LogP contribution in [0.3, 0.4) is 0 Å². The van der Waals surface area contributed by atoms with Gasteiger partial charge in [-0.25, -0.2) is 9.97 Å². The van der Waals surface area contributed by atoms with Crippen molar-refractivity contribution in [1.82, 2.24) is 9.97 Å². The Morgan fingerprint density at radius 2 is 1.62 bits per heavy atom. The standard InChI is InChI=1S/C19H16F3N5O2/c1-2-12-6-8-14(9-7-12)25-17-16(27(28)29)18(24-11-23-17)26-15-5-3-4-13(10-15)19(20,21)22/h3-11H,2H2,1H3,(H2,23,24,25,26). The van der Waals surface area contributed by atoms with Crippen molar-refractivity contribution in [2.45, 2.75) is 19.5 Å². The van der Waals surface area contributed by atoms with Crippen molar-refractivity contribution >= 4 is 28.7 Å². The third-order valence-electron chi connectivity index (χ3n) is 4.08. The van der Waals surface area contributed by atoms with Gasteiger partial charge in [-0.1, -0.05) is 25.1 Å². The molecule has 0 bridgehead atoms. The molecule has 0 spiro atoms. The maximum atomic E-state index is 12.9. The van der Waals surface area contributed by atoms with Crippen LogP contribution in [0.4, 0.5) is 41.9 Å². The minimum absolute atomic E-state index is 0.0138. The lowest BCUT2D eigenvalue weighted by Crippen LogP contribution is -2.07. The summed E-state index contributed by atoms with van der Waals surface area (Å²) < 4.78 is 38.7. The molecule has 0 aliphatic carbocycles. The monoisotopic (exact) mass is 403 g/mol. The first kappa shape index (κ1) is 20.1. The van der Waals surface area contributed by atoms with Gasteiger partial charge in [0.05, 0.1) is 10.5 Å². The molecule has 0 aliphatic rings. The molecular weight excluding hydrogens is 387 g/mol. The van der Waals surface area contributed by atoms with Crippen LogP contribution in [-0.2, 0) is 12.6 Å². The average molecular weight is 403 g/mol. The summed E-state index contributed by atoms with van der Waals surface area (Å²) in [5.41, 5.74) is 0.326. The van der Waals surface area contributed by atoms with Gasteiger partial charge in [-0.2, -0.15) is 13.2 Å². The van der Waals surface area contributed by atoms with Crippen LogP contribution in [0.25, 0.3) is 0 Å². The van der Waals surface area contributed by atoms with Gasteiger partial charge in [0.1, 0.15) is 6.33 Å². The molecular formula is C19H16F3N5O2. The smallest absolute Gasteiger partial charge is 0.334 e. The lowest BCUT2D eigenvalue weighted by molar-refractivity contribution is -0.383. The van der Waals surface area contributed by atoms with Crippen molar-refractivity contribution in [3.05, 3.63) is 76.1 Å². The molecule has 3 aromatic rings. The highest BCUT2D eigenvalue weighted by molar-refractivity contribution is 5.76. The van der Waals surface area contributed by atoms with Gasteiger partial charge in [-0.05, 0) is 42.3 Å². The van der Waals surface area contributed by atoms with Crippen LogP contribution in [0.15, 0.2) is 54.9 Å². The summed E-state index contributed by atoms with van der Waals surface area (Å²) in [6.07, 6.45) is -2.60. The van der Waals surface area contributed by atoms with Crippen molar-refractivity contribution in [2.75, 3.05) is 10.6 Å². The van der Waals surface area contributed by atoms with Crippen molar-refractivity contribution in [2.24, 2.45) is 0 Å². The van der Waals surface area contributed by atoms with Crippen molar-refractivity contribution in [3.63, 3.8) is 0 Å². The molecule has 0 aliphatic heterocycles. The highest BCUT2D eigenvalue weighted by Gasteiger charge is 2.31. The largest absolute Gasteiger partial charge is 0.416 e. The molecule has 2 aromatic carbocycles. The van der Waals surface area contributed by atoms with E-state index in [-0.39, 0.29) is 17.3 Å². The van der Waals surface area contributed by atoms with Crippen LogP contribution in [-0.4, -0.2) is 14.9 Å². The molecule has 0 fully saturated rings. The summed E-state index contributed by atoms with van der Waals surface area (Å²) in [6.45, 7) is 2.00. The van der Waals surface area contributed by atoms with Crippen LogP contribution < -0.4 is 10.6 Å². The number of hydrogen-bond donors (Lipinski definition) is 2. The van der Waals surface area contributed by atoms with E-state index in [0.29, 0.717) is 5.69 Å². The topological polar surface area (TPSA) is 93.0 Å². The van der Waals surface area contributed by atoms with Gasteiger partial charge in [0, 0.05) is 11.4 Å². The van der Waals surface area contributed by atoms with Crippen LogP contribution in [0.5, 0.6) is 0 Å². The van der Waals surface area contributed by atoms with E-state index < -0.39 is 22.4 Å². The van der Waals surface area contributed by atoms with E-state index in [4.69, 9.17) is 0 Å². The van der Waals surface area contributed by atoms with E-state index >= 15 is 0 Å². The fraction of sp³-hybridized carbons (Fsp3) is 0.158. The van der Waals surface area contributed by atoms with E-state index in [1.807, 2.05) is 19.1 Å². The second kappa shape index (κ2) is 8.13. The molecule has 7 nitrogen and oxygen atoms in total. The van der Waals surface area contributed by atoms with Gasteiger partial charge in [0.25, 0.3) is 0 Å². The first-order chi connectivity index (χ1) is 13.8. The second-order valence-electron chi connectivity index (χ2n) is 6.06. The maximum Gasteiger partial charge on any atom is 0.416 e. The third-order valence-corrected chi connectivity index (χ3v) is 4.08. The Kier molecular flexibility index (Phi) is 5.62. The number of aromatic nitrogens is 2. The molecule has 1 aromatic heterocycles. The molecule has 150 valence electrons. The number of benzene rings is 2. The Balaban J connectivity index is 1.93.